The Morgan fingerprint density at radius 1 is 0.973 bits per heavy atom. The Bertz CT molecular complexity index is 1200. The first-order valence-corrected chi connectivity index (χ1v) is 13.0. The first-order chi connectivity index (χ1) is 17.9. The summed E-state index contributed by atoms with van der Waals surface area (Å²) in [6.45, 7) is 4.53. The van der Waals surface area contributed by atoms with Crippen LogP contribution in [0.25, 0.3) is 11.4 Å². The monoisotopic (exact) mass is 520 g/mol. The topological polar surface area (TPSA) is 99.2 Å². The van der Waals surface area contributed by atoms with E-state index in [-0.39, 0.29) is 11.8 Å². The summed E-state index contributed by atoms with van der Waals surface area (Å²) in [6, 6.07) is 19.4. The maximum absolute atomic E-state index is 12.9. The summed E-state index contributed by atoms with van der Waals surface area (Å²) in [6.07, 6.45) is 3.11. The number of halogens is 1. The molecule has 0 saturated carbocycles. The van der Waals surface area contributed by atoms with Crippen molar-refractivity contribution in [2.75, 3.05) is 43.4 Å². The molecule has 194 valence electrons. The van der Waals surface area contributed by atoms with Gasteiger partial charge in [-0.1, -0.05) is 54.1 Å². The van der Waals surface area contributed by atoms with Gasteiger partial charge in [0.05, 0.1) is 6.54 Å². The summed E-state index contributed by atoms with van der Waals surface area (Å²) < 4.78 is 0. The van der Waals surface area contributed by atoms with E-state index in [9.17, 15) is 9.59 Å². The van der Waals surface area contributed by atoms with Crippen LogP contribution >= 0.6 is 11.6 Å². The molecule has 37 heavy (non-hydrogen) atoms. The van der Waals surface area contributed by atoms with Crippen LogP contribution in [0.3, 0.4) is 0 Å². The molecule has 2 heterocycles. The Labute approximate surface area is 222 Å². The maximum atomic E-state index is 12.9. The summed E-state index contributed by atoms with van der Waals surface area (Å²) in [4.78, 5) is 35.4. The molecule has 1 aliphatic heterocycles. The van der Waals surface area contributed by atoms with E-state index in [0.29, 0.717) is 43.0 Å². The van der Waals surface area contributed by atoms with Crippen LogP contribution in [0.4, 0.5) is 11.6 Å². The molecule has 3 N–H and O–H groups in total. The fourth-order valence-corrected chi connectivity index (χ4v) is 4.69. The molecule has 1 fully saturated rings. The Hall–Kier alpha value is -3.49. The molecule has 0 spiro atoms. The number of hydrogen-bond donors (Lipinski definition) is 3. The number of likely N-dealkylation sites (tertiary alicyclic amines) is 1. The smallest absolute Gasteiger partial charge is 0.239 e. The van der Waals surface area contributed by atoms with Gasteiger partial charge in [-0.2, -0.15) is 0 Å². The van der Waals surface area contributed by atoms with Crippen LogP contribution in [-0.4, -0.2) is 59.4 Å². The molecular formula is C28H33ClN6O2. The van der Waals surface area contributed by atoms with Gasteiger partial charge in [0.1, 0.15) is 11.6 Å². The third kappa shape index (κ3) is 8.55. The number of nitrogens with zero attached hydrogens (tertiary/aromatic N) is 3. The van der Waals surface area contributed by atoms with E-state index in [1.165, 1.54) is 12.5 Å². The molecule has 4 rings (SSSR count). The predicted molar refractivity (Wildman–Crippen MR) is 148 cm³/mol. The number of carbonyl (C=O) groups excluding carboxylic acids is 2. The highest BCUT2D eigenvalue weighted by Crippen LogP contribution is 2.24. The molecule has 0 atom stereocenters. The first-order valence-electron chi connectivity index (χ1n) is 12.6. The lowest BCUT2D eigenvalue weighted by Crippen LogP contribution is -2.39. The van der Waals surface area contributed by atoms with Crippen molar-refractivity contribution in [2.24, 2.45) is 5.92 Å². The van der Waals surface area contributed by atoms with Crippen molar-refractivity contribution in [1.82, 2.24) is 20.2 Å². The average molecular weight is 521 g/mol. The third-order valence-electron chi connectivity index (χ3n) is 6.32. The van der Waals surface area contributed by atoms with Gasteiger partial charge in [-0.3, -0.25) is 14.5 Å². The van der Waals surface area contributed by atoms with Crippen molar-refractivity contribution in [3.05, 3.63) is 71.2 Å². The summed E-state index contributed by atoms with van der Waals surface area (Å²) >= 11 is 6.13. The lowest BCUT2D eigenvalue weighted by molar-refractivity contribution is -0.119. The zero-order chi connectivity index (χ0) is 26.0. The fourth-order valence-electron chi connectivity index (χ4n) is 4.48. The molecule has 1 saturated heterocycles. The van der Waals surface area contributed by atoms with Crippen molar-refractivity contribution in [2.45, 2.75) is 26.2 Å². The van der Waals surface area contributed by atoms with Gasteiger partial charge in [-0.15, -0.1) is 0 Å². The van der Waals surface area contributed by atoms with Gasteiger partial charge in [-0.25, -0.2) is 9.97 Å². The lowest BCUT2D eigenvalue weighted by Gasteiger charge is -2.31. The van der Waals surface area contributed by atoms with Crippen LogP contribution < -0.4 is 16.0 Å². The van der Waals surface area contributed by atoms with E-state index in [0.717, 1.165) is 42.9 Å². The summed E-state index contributed by atoms with van der Waals surface area (Å²) in [7, 11) is 0. The standard InChI is InChI=1S/C28H33ClN6O2/c1-20(36)30-12-13-31-25-18-26(34-28(33-25)23-7-3-2-4-8-23)32-27(37)19-35-14-10-21(11-15-35)16-22-6-5-9-24(29)17-22/h2-9,17-18,21H,10-16,19H2,1H3,(H,30,36)(H2,31,32,33,34,37). The molecule has 0 unspecified atom stereocenters. The van der Waals surface area contributed by atoms with Crippen LogP contribution in [0, 0.1) is 5.92 Å². The first kappa shape index (κ1) is 26.6. The minimum absolute atomic E-state index is 0.0871. The molecule has 3 aromatic rings. The van der Waals surface area contributed by atoms with E-state index in [2.05, 4.69) is 36.9 Å². The predicted octanol–water partition coefficient (Wildman–Crippen LogP) is 4.24. The molecule has 1 aromatic heterocycles. The summed E-state index contributed by atoms with van der Waals surface area (Å²) in [5.74, 6) is 1.95. The second-order valence-electron chi connectivity index (χ2n) is 9.34. The fraction of sp³-hybridized carbons (Fsp3) is 0.357. The third-order valence-corrected chi connectivity index (χ3v) is 6.55. The largest absolute Gasteiger partial charge is 0.368 e. The summed E-state index contributed by atoms with van der Waals surface area (Å²) in [5.41, 5.74) is 2.12. The minimum atomic E-state index is -0.102. The zero-order valence-electron chi connectivity index (χ0n) is 21.0. The number of rotatable bonds is 10. The number of anilines is 2. The van der Waals surface area contributed by atoms with Gasteiger partial charge in [0.2, 0.25) is 11.8 Å². The molecule has 2 aromatic carbocycles. The highest BCUT2D eigenvalue weighted by atomic mass is 35.5. The van der Waals surface area contributed by atoms with Crippen LogP contribution in [-0.2, 0) is 16.0 Å². The number of amides is 2. The van der Waals surface area contributed by atoms with Gasteiger partial charge < -0.3 is 16.0 Å². The maximum Gasteiger partial charge on any atom is 0.239 e. The van der Waals surface area contributed by atoms with Gasteiger partial charge >= 0.3 is 0 Å². The second kappa shape index (κ2) is 13.2. The van der Waals surface area contributed by atoms with Crippen molar-refractivity contribution in [3.63, 3.8) is 0 Å². The van der Waals surface area contributed by atoms with E-state index in [1.807, 2.05) is 48.5 Å². The Balaban J connectivity index is 1.33. The SMILES string of the molecule is CC(=O)NCCNc1cc(NC(=O)CN2CCC(Cc3cccc(Cl)c3)CC2)nc(-c2ccccc2)n1. The number of benzene rings is 2. The van der Waals surface area contributed by atoms with E-state index < -0.39 is 0 Å². The Morgan fingerprint density at radius 2 is 1.73 bits per heavy atom. The molecule has 0 aliphatic carbocycles. The van der Waals surface area contributed by atoms with E-state index in [1.54, 1.807) is 6.07 Å². The highest BCUT2D eigenvalue weighted by Gasteiger charge is 2.21. The number of piperidine rings is 1. The van der Waals surface area contributed by atoms with E-state index >= 15 is 0 Å². The van der Waals surface area contributed by atoms with Crippen LogP contribution in [0.2, 0.25) is 5.02 Å². The van der Waals surface area contributed by atoms with Gasteiger partial charge in [0.15, 0.2) is 5.82 Å². The second-order valence-corrected chi connectivity index (χ2v) is 9.78. The molecule has 8 nitrogen and oxygen atoms in total. The van der Waals surface area contributed by atoms with Crippen LogP contribution in [0.15, 0.2) is 60.7 Å². The Kier molecular flexibility index (Phi) is 9.46. The average Bonchev–Trinajstić information content (AvgIpc) is 2.88. The molecule has 0 bridgehead atoms. The minimum Gasteiger partial charge on any atom is -0.368 e. The van der Waals surface area contributed by atoms with Crippen molar-refractivity contribution in [1.29, 1.82) is 0 Å². The van der Waals surface area contributed by atoms with Crippen LogP contribution in [0.5, 0.6) is 0 Å². The zero-order valence-corrected chi connectivity index (χ0v) is 21.8. The summed E-state index contributed by atoms with van der Waals surface area (Å²) in [5, 5.41) is 9.67. The van der Waals surface area contributed by atoms with Crippen molar-refractivity contribution >= 4 is 35.1 Å². The van der Waals surface area contributed by atoms with Gasteiger partial charge in [-0.05, 0) is 56.0 Å². The number of aromatic nitrogens is 2. The molecule has 0 radical (unpaired) electrons. The van der Waals surface area contributed by atoms with Crippen molar-refractivity contribution in [3.8, 4) is 11.4 Å². The molecular weight excluding hydrogens is 488 g/mol. The van der Waals surface area contributed by atoms with Gasteiger partial charge in [0.25, 0.3) is 0 Å². The molecule has 9 heteroatoms. The van der Waals surface area contributed by atoms with Crippen molar-refractivity contribution < 1.29 is 9.59 Å². The van der Waals surface area contributed by atoms with E-state index in [4.69, 9.17) is 11.6 Å². The quantitative estimate of drug-likeness (QED) is 0.346. The molecule has 1 aliphatic rings. The molecule has 2 amide bonds. The highest BCUT2D eigenvalue weighted by molar-refractivity contribution is 6.30. The van der Waals surface area contributed by atoms with Gasteiger partial charge in [0, 0.05) is 36.7 Å². The van der Waals surface area contributed by atoms with Crippen LogP contribution in [0.1, 0.15) is 25.3 Å². The lowest BCUT2D eigenvalue weighted by atomic mass is 9.90. The number of nitrogens with one attached hydrogen (secondary N) is 3. The number of carbonyl (C=O) groups is 2. The number of hydrogen-bond acceptors (Lipinski definition) is 6. The normalized spacial score (nSPS) is 14.2. The Morgan fingerprint density at radius 3 is 2.46 bits per heavy atom.